The molecule has 0 heterocycles. The van der Waals surface area contributed by atoms with Crippen LogP contribution in [0.3, 0.4) is 0 Å². The second-order valence-corrected chi connectivity index (χ2v) is 5.31. The molecule has 1 unspecified atom stereocenters. The lowest BCUT2D eigenvalue weighted by Crippen LogP contribution is -2.02. The van der Waals surface area contributed by atoms with Gasteiger partial charge in [0.25, 0.3) is 0 Å². The minimum Gasteiger partial charge on any atom is -0.497 e. The highest BCUT2D eigenvalue weighted by Crippen LogP contribution is 2.37. The van der Waals surface area contributed by atoms with Gasteiger partial charge in [0.2, 0.25) is 0 Å². The van der Waals surface area contributed by atoms with E-state index in [0.29, 0.717) is 15.8 Å². The summed E-state index contributed by atoms with van der Waals surface area (Å²) in [6.45, 7) is 0. The smallest absolute Gasteiger partial charge is 0.194 e. The van der Waals surface area contributed by atoms with Gasteiger partial charge >= 0.3 is 0 Å². The molecule has 0 spiro atoms. The molecule has 20 heavy (non-hydrogen) atoms. The fraction of sp³-hybridized carbons (Fsp3) is 0.143. The largest absolute Gasteiger partial charge is 0.497 e. The Morgan fingerprint density at radius 1 is 1.05 bits per heavy atom. The minimum absolute atomic E-state index is 0.128. The molecule has 0 aromatic heterocycles. The van der Waals surface area contributed by atoms with Crippen LogP contribution in [-0.4, -0.2) is 7.11 Å². The Morgan fingerprint density at radius 2 is 1.70 bits per heavy atom. The Morgan fingerprint density at radius 3 is 2.30 bits per heavy atom. The molecule has 0 aliphatic rings. The first-order valence-corrected chi connectivity index (χ1v) is 6.79. The van der Waals surface area contributed by atoms with Crippen molar-refractivity contribution in [2.75, 3.05) is 7.11 Å². The third kappa shape index (κ3) is 2.79. The molecule has 1 nitrogen and oxygen atoms in total. The molecule has 6 heteroatoms. The average Bonchev–Trinajstić information content (AvgIpc) is 2.44. The summed E-state index contributed by atoms with van der Waals surface area (Å²) in [5, 5.41) is -0.953. The highest BCUT2D eigenvalue weighted by molar-refractivity contribution is 9.10. The van der Waals surface area contributed by atoms with Crippen LogP contribution < -0.4 is 4.74 Å². The van der Waals surface area contributed by atoms with Gasteiger partial charge < -0.3 is 4.74 Å². The maximum Gasteiger partial charge on any atom is 0.194 e. The van der Waals surface area contributed by atoms with E-state index in [0.717, 1.165) is 12.1 Å². The van der Waals surface area contributed by atoms with E-state index in [2.05, 4.69) is 15.9 Å². The maximum absolute atomic E-state index is 13.7. The van der Waals surface area contributed by atoms with Crippen molar-refractivity contribution in [2.45, 2.75) is 5.38 Å². The van der Waals surface area contributed by atoms with E-state index in [1.165, 1.54) is 7.11 Å². The van der Waals surface area contributed by atoms with Gasteiger partial charge in [0.05, 0.1) is 12.5 Å². The van der Waals surface area contributed by atoms with Crippen LogP contribution in [0, 0.1) is 17.5 Å². The molecule has 2 aromatic carbocycles. The van der Waals surface area contributed by atoms with Gasteiger partial charge in [0.15, 0.2) is 17.5 Å². The monoisotopic (exact) mass is 364 g/mol. The van der Waals surface area contributed by atoms with Gasteiger partial charge in [-0.05, 0) is 23.8 Å². The predicted octanol–water partition coefficient (Wildman–Crippen LogP) is 5.20. The summed E-state index contributed by atoms with van der Waals surface area (Å²) < 4.78 is 45.5. The van der Waals surface area contributed by atoms with E-state index in [1.54, 1.807) is 18.2 Å². The van der Waals surface area contributed by atoms with Crippen LogP contribution in [0.5, 0.6) is 5.75 Å². The molecule has 2 aromatic rings. The molecule has 106 valence electrons. The average molecular weight is 366 g/mol. The molecule has 0 saturated heterocycles. The van der Waals surface area contributed by atoms with Gasteiger partial charge in [-0.3, -0.25) is 0 Å². The third-order valence-corrected chi connectivity index (χ3v) is 3.98. The summed E-state index contributed by atoms with van der Waals surface area (Å²) in [6.07, 6.45) is 0. The first-order chi connectivity index (χ1) is 9.45. The molecule has 0 aliphatic heterocycles. The van der Waals surface area contributed by atoms with E-state index >= 15 is 0 Å². The zero-order valence-corrected chi connectivity index (χ0v) is 12.6. The SMILES string of the molecule is COc1ccc(C(Cl)c2ccc(F)c(F)c2F)c(Br)c1. The zero-order valence-electron chi connectivity index (χ0n) is 10.3. The Hall–Kier alpha value is -1.20. The van der Waals surface area contributed by atoms with Crippen LogP contribution in [0.25, 0.3) is 0 Å². The number of benzene rings is 2. The molecule has 0 aliphatic carbocycles. The van der Waals surface area contributed by atoms with Crippen LogP contribution in [0.1, 0.15) is 16.5 Å². The summed E-state index contributed by atoms with van der Waals surface area (Å²) in [5.74, 6) is -3.47. The van der Waals surface area contributed by atoms with E-state index in [-0.39, 0.29) is 5.56 Å². The van der Waals surface area contributed by atoms with Crippen molar-refractivity contribution < 1.29 is 17.9 Å². The van der Waals surface area contributed by atoms with Crippen molar-refractivity contribution in [1.82, 2.24) is 0 Å². The van der Waals surface area contributed by atoms with Crippen LogP contribution in [0.2, 0.25) is 0 Å². The number of methoxy groups -OCH3 is 1. The second-order valence-electron chi connectivity index (χ2n) is 4.01. The number of alkyl halides is 1. The van der Waals surface area contributed by atoms with Crippen LogP contribution in [0.15, 0.2) is 34.8 Å². The first-order valence-electron chi connectivity index (χ1n) is 5.56. The summed E-state index contributed by atoms with van der Waals surface area (Å²) in [6, 6.07) is 6.90. The maximum atomic E-state index is 13.7. The van der Waals surface area contributed by atoms with Gasteiger partial charge in [-0.1, -0.05) is 28.1 Å². The fourth-order valence-electron chi connectivity index (χ4n) is 1.74. The number of ether oxygens (including phenoxy) is 1. The number of halogens is 5. The minimum atomic E-state index is -1.53. The lowest BCUT2D eigenvalue weighted by Gasteiger charge is -2.14. The van der Waals surface area contributed by atoms with Gasteiger partial charge in [-0.25, -0.2) is 13.2 Å². The topological polar surface area (TPSA) is 9.23 Å². The molecule has 0 bridgehead atoms. The van der Waals surface area contributed by atoms with Gasteiger partial charge in [-0.2, -0.15) is 0 Å². The first kappa shape index (κ1) is 15.2. The van der Waals surface area contributed by atoms with E-state index in [1.807, 2.05) is 0 Å². The Bertz CT molecular complexity index is 649. The van der Waals surface area contributed by atoms with Crippen molar-refractivity contribution in [3.8, 4) is 5.75 Å². The second kappa shape index (κ2) is 6.06. The zero-order chi connectivity index (χ0) is 14.9. The quantitative estimate of drug-likeness (QED) is 0.536. The van der Waals surface area contributed by atoms with Crippen LogP contribution in [-0.2, 0) is 0 Å². The molecule has 0 amide bonds. The Kier molecular flexibility index (Phi) is 4.60. The standard InChI is InChI=1S/C14H9BrClF3O/c1-20-7-2-3-8(10(15)6-7)12(16)9-4-5-11(17)14(19)13(9)18/h2-6,12H,1H3. The molecule has 0 N–H and O–H groups in total. The normalized spacial score (nSPS) is 12.3. The van der Waals surface area contributed by atoms with Crippen molar-refractivity contribution in [1.29, 1.82) is 0 Å². The molecular weight excluding hydrogens is 357 g/mol. The number of hydrogen-bond donors (Lipinski definition) is 0. The van der Waals surface area contributed by atoms with Crippen LogP contribution >= 0.6 is 27.5 Å². The van der Waals surface area contributed by atoms with Gasteiger partial charge in [0.1, 0.15) is 5.75 Å². The summed E-state index contributed by atoms with van der Waals surface area (Å²) in [7, 11) is 1.51. The lowest BCUT2D eigenvalue weighted by atomic mass is 10.0. The van der Waals surface area contributed by atoms with E-state index in [9.17, 15) is 13.2 Å². The van der Waals surface area contributed by atoms with Crippen LogP contribution in [0.4, 0.5) is 13.2 Å². The summed E-state index contributed by atoms with van der Waals surface area (Å²) >= 11 is 9.45. The molecule has 0 radical (unpaired) electrons. The van der Waals surface area contributed by atoms with E-state index < -0.39 is 22.8 Å². The highest BCUT2D eigenvalue weighted by Gasteiger charge is 2.22. The predicted molar refractivity (Wildman–Crippen MR) is 74.7 cm³/mol. The lowest BCUT2D eigenvalue weighted by molar-refractivity contribution is 0.414. The van der Waals surface area contributed by atoms with Crippen molar-refractivity contribution >= 4 is 27.5 Å². The Labute approximate surface area is 127 Å². The van der Waals surface area contributed by atoms with Crippen molar-refractivity contribution in [3.05, 3.63) is 63.4 Å². The van der Waals surface area contributed by atoms with Gasteiger partial charge in [0, 0.05) is 10.0 Å². The molecular formula is C14H9BrClF3O. The van der Waals surface area contributed by atoms with Gasteiger partial charge in [-0.15, -0.1) is 11.6 Å². The fourth-order valence-corrected chi connectivity index (χ4v) is 2.82. The highest BCUT2D eigenvalue weighted by atomic mass is 79.9. The summed E-state index contributed by atoms with van der Waals surface area (Å²) in [5.41, 5.74) is 0.397. The number of hydrogen-bond acceptors (Lipinski definition) is 1. The van der Waals surface area contributed by atoms with Crippen molar-refractivity contribution in [3.63, 3.8) is 0 Å². The van der Waals surface area contributed by atoms with E-state index in [4.69, 9.17) is 16.3 Å². The number of rotatable bonds is 3. The molecule has 2 rings (SSSR count). The molecule has 1 atom stereocenters. The van der Waals surface area contributed by atoms with Crippen molar-refractivity contribution in [2.24, 2.45) is 0 Å². The summed E-state index contributed by atoms with van der Waals surface area (Å²) in [4.78, 5) is 0. The molecule has 0 fully saturated rings. The third-order valence-electron chi connectivity index (χ3n) is 2.82. The molecule has 0 saturated carbocycles. The Balaban J connectivity index is 2.46.